The van der Waals surface area contributed by atoms with Crippen LogP contribution in [-0.2, 0) is 12.8 Å². The first-order chi connectivity index (χ1) is 12.3. The van der Waals surface area contributed by atoms with Crippen molar-refractivity contribution in [3.63, 3.8) is 0 Å². The van der Waals surface area contributed by atoms with Gasteiger partial charge in [0.25, 0.3) is 0 Å². The van der Waals surface area contributed by atoms with Crippen LogP contribution in [0.15, 0.2) is 30.3 Å². The van der Waals surface area contributed by atoms with Gasteiger partial charge in [-0.1, -0.05) is 0 Å². The van der Waals surface area contributed by atoms with E-state index >= 15 is 0 Å². The fraction of sp³-hybridized carbons (Fsp3) is 0.400. The van der Waals surface area contributed by atoms with Gasteiger partial charge in [-0.25, -0.2) is 9.37 Å². The SMILES string of the molecule is Fc1ccc(-c2cc3nc4c(c(N5CCCC5)n3n2)CCCC4)cc1. The molecule has 2 aliphatic rings. The molecule has 0 unspecified atom stereocenters. The fourth-order valence-electron chi connectivity index (χ4n) is 4.14. The summed E-state index contributed by atoms with van der Waals surface area (Å²) in [4.78, 5) is 7.38. The lowest BCUT2D eigenvalue weighted by Gasteiger charge is -2.26. The number of fused-ring (bicyclic) bond motifs is 2. The lowest BCUT2D eigenvalue weighted by Crippen LogP contribution is -2.25. The summed E-state index contributed by atoms with van der Waals surface area (Å²) in [5, 5.41) is 4.86. The maximum atomic E-state index is 13.2. The van der Waals surface area contributed by atoms with E-state index in [1.165, 1.54) is 54.9 Å². The first-order valence-electron chi connectivity index (χ1n) is 9.22. The molecule has 1 aliphatic heterocycles. The smallest absolute Gasteiger partial charge is 0.158 e. The topological polar surface area (TPSA) is 33.4 Å². The Balaban J connectivity index is 1.71. The first-order valence-corrected chi connectivity index (χ1v) is 9.22. The highest BCUT2D eigenvalue weighted by atomic mass is 19.1. The number of halogens is 1. The molecule has 0 saturated carbocycles. The Bertz CT molecular complexity index is 923. The van der Waals surface area contributed by atoms with Crippen LogP contribution in [0.5, 0.6) is 0 Å². The van der Waals surface area contributed by atoms with Crippen molar-refractivity contribution in [3.05, 3.63) is 47.4 Å². The summed E-state index contributed by atoms with van der Waals surface area (Å²) in [6.45, 7) is 2.19. The van der Waals surface area contributed by atoms with E-state index in [9.17, 15) is 4.39 Å². The maximum Gasteiger partial charge on any atom is 0.158 e. The van der Waals surface area contributed by atoms with Gasteiger partial charge in [-0.3, -0.25) is 0 Å². The molecular weight excluding hydrogens is 315 g/mol. The highest BCUT2D eigenvalue weighted by Gasteiger charge is 2.25. The third-order valence-electron chi connectivity index (χ3n) is 5.39. The normalized spacial score (nSPS) is 17.2. The lowest BCUT2D eigenvalue weighted by atomic mass is 9.96. The summed E-state index contributed by atoms with van der Waals surface area (Å²) < 4.78 is 15.3. The molecule has 1 aliphatic carbocycles. The van der Waals surface area contributed by atoms with Gasteiger partial charge in [0.15, 0.2) is 5.65 Å². The van der Waals surface area contributed by atoms with Crippen LogP contribution in [0.4, 0.5) is 10.2 Å². The number of rotatable bonds is 2. The van der Waals surface area contributed by atoms with Crippen molar-refractivity contribution in [2.24, 2.45) is 0 Å². The zero-order valence-electron chi connectivity index (χ0n) is 14.2. The van der Waals surface area contributed by atoms with Gasteiger partial charge in [-0.2, -0.15) is 9.61 Å². The van der Waals surface area contributed by atoms with Crippen LogP contribution in [-0.4, -0.2) is 27.7 Å². The first kappa shape index (κ1) is 14.9. The van der Waals surface area contributed by atoms with Crippen molar-refractivity contribution in [1.82, 2.24) is 14.6 Å². The number of hydrogen-bond donors (Lipinski definition) is 0. The Kier molecular flexibility index (Phi) is 3.47. The molecule has 0 amide bonds. The van der Waals surface area contributed by atoms with Gasteiger partial charge < -0.3 is 4.90 Å². The Labute approximate surface area is 146 Å². The summed E-state index contributed by atoms with van der Waals surface area (Å²) in [7, 11) is 0. The summed E-state index contributed by atoms with van der Waals surface area (Å²) in [5.41, 5.74) is 5.31. The monoisotopic (exact) mass is 336 g/mol. The zero-order valence-corrected chi connectivity index (χ0v) is 14.2. The second-order valence-corrected chi connectivity index (χ2v) is 7.07. The van der Waals surface area contributed by atoms with Crippen molar-refractivity contribution in [2.45, 2.75) is 38.5 Å². The van der Waals surface area contributed by atoms with E-state index in [1.54, 1.807) is 12.1 Å². The lowest BCUT2D eigenvalue weighted by molar-refractivity contribution is 0.628. The second-order valence-electron chi connectivity index (χ2n) is 7.07. The highest BCUT2D eigenvalue weighted by molar-refractivity contribution is 5.67. The molecule has 1 fully saturated rings. The minimum Gasteiger partial charge on any atom is -0.356 e. The third-order valence-corrected chi connectivity index (χ3v) is 5.39. The van der Waals surface area contributed by atoms with Gasteiger partial charge in [-0.15, -0.1) is 0 Å². The number of aryl methyl sites for hydroxylation is 1. The van der Waals surface area contributed by atoms with E-state index in [-0.39, 0.29) is 5.82 Å². The maximum absolute atomic E-state index is 13.2. The molecule has 4 nitrogen and oxygen atoms in total. The summed E-state index contributed by atoms with van der Waals surface area (Å²) in [6, 6.07) is 8.57. The van der Waals surface area contributed by atoms with Crippen LogP contribution in [0.3, 0.4) is 0 Å². The van der Waals surface area contributed by atoms with Gasteiger partial charge >= 0.3 is 0 Å². The van der Waals surface area contributed by atoms with E-state index < -0.39 is 0 Å². The van der Waals surface area contributed by atoms with E-state index in [0.717, 1.165) is 42.8 Å². The van der Waals surface area contributed by atoms with Crippen LogP contribution in [0, 0.1) is 5.82 Å². The molecule has 5 rings (SSSR count). The molecule has 1 saturated heterocycles. The minimum absolute atomic E-state index is 0.223. The van der Waals surface area contributed by atoms with Gasteiger partial charge in [0.1, 0.15) is 11.6 Å². The van der Waals surface area contributed by atoms with Crippen LogP contribution in [0.2, 0.25) is 0 Å². The molecule has 0 radical (unpaired) electrons. The Hall–Kier alpha value is -2.43. The van der Waals surface area contributed by atoms with E-state index in [4.69, 9.17) is 10.1 Å². The largest absolute Gasteiger partial charge is 0.356 e. The van der Waals surface area contributed by atoms with Gasteiger partial charge in [-0.05, 0) is 62.8 Å². The molecule has 2 aromatic heterocycles. The predicted molar refractivity (Wildman–Crippen MR) is 96.5 cm³/mol. The van der Waals surface area contributed by atoms with E-state index in [1.807, 2.05) is 10.6 Å². The van der Waals surface area contributed by atoms with Gasteiger partial charge in [0.05, 0.1) is 5.69 Å². The summed E-state index contributed by atoms with van der Waals surface area (Å²) in [6.07, 6.45) is 7.08. The minimum atomic E-state index is -0.223. The number of nitrogens with zero attached hydrogens (tertiary/aromatic N) is 4. The molecular formula is C20H21FN4. The summed E-state index contributed by atoms with van der Waals surface area (Å²) >= 11 is 0. The van der Waals surface area contributed by atoms with Crippen LogP contribution in [0.25, 0.3) is 16.9 Å². The van der Waals surface area contributed by atoms with Crippen molar-refractivity contribution < 1.29 is 4.39 Å². The fourth-order valence-corrected chi connectivity index (χ4v) is 4.14. The quantitative estimate of drug-likeness (QED) is 0.709. The van der Waals surface area contributed by atoms with Crippen molar-refractivity contribution in [2.75, 3.05) is 18.0 Å². The Morgan fingerprint density at radius 1 is 0.920 bits per heavy atom. The van der Waals surface area contributed by atoms with Crippen molar-refractivity contribution in [1.29, 1.82) is 0 Å². The number of benzene rings is 1. The second kappa shape index (κ2) is 5.83. The molecule has 5 heteroatoms. The van der Waals surface area contributed by atoms with Gasteiger partial charge in [0.2, 0.25) is 0 Å². The zero-order chi connectivity index (χ0) is 16.8. The van der Waals surface area contributed by atoms with Crippen molar-refractivity contribution in [3.8, 4) is 11.3 Å². The molecule has 3 heterocycles. The highest BCUT2D eigenvalue weighted by Crippen LogP contribution is 2.33. The molecule has 128 valence electrons. The molecule has 0 spiro atoms. The van der Waals surface area contributed by atoms with Crippen LogP contribution in [0.1, 0.15) is 36.9 Å². The standard InChI is InChI=1S/C20H21FN4/c21-15-9-7-14(8-10-15)18-13-19-22-17-6-2-1-5-16(17)20(25(19)23-18)24-11-3-4-12-24/h7-10,13H,1-6,11-12H2. The molecule has 0 atom stereocenters. The number of aromatic nitrogens is 3. The third kappa shape index (κ3) is 2.49. The molecule has 0 bridgehead atoms. The molecule has 1 aromatic carbocycles. The van der Waals surface area contributed by atoms with E-state index in [0.29, 0.717) is 0 Å². The van der Waals surface area contributed by atoms with Crippen molar-refractivity contribution >= 4 is 11.5 Å². The predicted octanol–water partition coefficient (Wildman–Crippen LogP) is 4.01. The van der Waals surface area contributed by atoms with E-state index in [2.05, 4.69) is 4.90 Å². The summed E-state index contributed by atoms with van der Waals surface area (Å²) in [5.74, 6) is 1.02. The number of hydrogen-bond acceptors (Lipinski definition) is 3. The molecule has 3 aromatic rings. The average molecular weight is 336 g/mol. The number of anilines is 1. The van der Waals surface area contributed by atoms with Crippen LogP contribution >= 0.6 is 0 Å². The van der Waals surface area contributed by atoms with Crippen LogP contribution < -0.4 is 4.90 Å². The average Bonchev–Trinajstić information content (AvgIpc) is 3.30. The Morgan fingerprint density at radius 3 is 2.48 bits per heavy atom. The Morgan fingerprint density at radius 2 is 1.68 bits per heavy atom. The molecule has 25 heavy (non-hydrogen) atoms. The van der Waals surface area contributed by atoms with Gasteiger partial charge in [0, 0.05) is 36.0 Å². The molecule has 0 N–H and O–H groups in total.